The third kappa shape index (κ3) is 5.88. The van der Waals surface area contributed by atoms with E-state index in [-0.39, 0.29) is 11.8 Å². The van der Waals surface area contributed by atoms with Crippen molar-refractivity contribution >= 4 is 23.2 Å². The van der Waals surface area contributed by atoms with Gasteiger partial charge in [0.1, 0.15) is 0 Å². The van der Waals surface area contributed by atoms with Crippen LogP contribution in [0.1, 0.15) is 31.9 Å². The number of carbonyl (C=O) groups excluding carboxylic acids is 2. The van der Waals surface area contributed by atoms with Crippen LogP contribution in [-0.2, 0) is 22.4 Å². The number of rotatable bonds is 6. The van der Waals surface area contributed by atoms with Gasteiger partial charge in [-0.1, -0.05) is 44.2 Å². The van der Waals surface area contributed by atoms with Crippen LogP contribution in [0.3, 0.4) is 0 Å². The van der Waals surface area contributed by atoms with E-state index in [0.29, 0.717) is 23.7 Å². The number of hydrogen-bond donors (Lipinski definition) is 2. The van der Waals surface area contributed by atoms with E-state index in [1.807, 2.05) is 12.1 Å². The fourth-order valence-corrected chi connectivity index (χ4v) is 2.53. The van der Waals surface area contributed by atoms with Gasteiger partial charge in [0.05, 0.1) is 6.42 Å². The summed E-state index contributed by atoms with van der Waals surface area (Å²) < 4.78 is 0. The average molecular weight is 324 g/mol. The molecule has 4 heteroatoms. The summed E-state index contributed by atoms with van der Waals surface area (Å²) in [6, 6.07) is 15.3. The Hall–Kier alpha value is -2.62. The molecule has 0 spiro atoms. The van der Waals surface area contributed by atoms with Crippen LogP contribution >= 0.6 is 0 Å². The first-order chi connectivity index (χ1) is 11.4. The summed E-state index contributed by atoms with van der Waals surface area (Å²) in [6.07, 6.45) is 1.37. The maximum atomic E-state index is 12.2. The van der Waals surface area contributed by atoms with Gasteiger partial charge < -0.3 is 10.6 Å². The van der Waals surface area contributed by atoms with Crippen LogP contribution in [0.4, 0.5) is 11.4 Å². The summed E-state index contributed by atoms with van der Waals surface area (Å²) in [5.74, 6) is 0.404. The van der Waals surface area contributed by atoms with Crippen LogP contribution in [0.15, 0.2) is 48.5 Å². The molecule has 0 fully saturated rings. The SMILES string of the molecule is CC(=O)Nc1cccc(NC(=O)Cc2ccc(CC(C)C)cc2)c1. The van der Waals surface area contributed by atoms with Crippen LogP contribution in [-0.4, -0.2) is 11.8 Å². The first-order valence-electron chi connectivity index (χ1n) is 8.17. The standard InChI is InChI=1S/C20H24N2O2/c1-14(2)11-16-7-9-17(10-8-16)12-20(24)22-19-6-4-5-18(13-19)21-15(3)23/h4-10,13-14H,11-12H2,1-3H3,(H,21,23)(H,22,24). The largest absolute Gasteiger partial charge is 0.326 e. The Morgan fingerprint density at radius 3 is 2.08 bits per heavy atom. The summed E-state index contributed by atoms with van der Waals surface area (Å²) in [4.78, 5) is 23.3. The lowest BCUT2D eigenvalue weighted by molar-refractivity contribution is -0.115. The molecule has 0 bridgehead atoms. The molecule has 2 aromatic carbocycles. The lowest BCUT2D eigenvalue weighted by Gasteiger charge is -2.09. The molecule has 2 rings (SSSR count). The fourth-order valence-electron chi connectivity index (χ4n) is 2.53. The second-order valence-electron chi connectivity index (χ2n) is 6.40. The van der Waals surface area contributed by atoms with Crippen LogP contribution in [0, 0.1) is 5.92 Å². The zero-order valence-corrected chi connectivity index (χ0v) is 14.4. The van der Waals surface area contributed by atoms with E-state index in [2.05, 4.69) is 36.6 Å². The molecule has 4 nitrogen and oxygen atoms in total. The Morgan fingerprint density at radius 2 is 1.50 bits per heavy atom. The predicted molar refractivity (Wildman–Crippen MR) is 98.1 cm³/mol. The first kappa shape index (κ1) is 17.7. The van der Waals surface area contributed by atoms with E-state index < -0.39 is 0 Å². The first-order valence-corrected chi connectivity index (χ1v) is 8.17. The number of nitrogens with one attached hydrogen (secondary N) is 2. The van der Waals surface area contributed by atoms with Crippen LogP contribution in [0.5, 0.6) is 0 Å². The van der Waals surface area contributed by atoms with Gasteiger partial charge in [0, 0.05) is 18.3 Å². The molecule has 0 unspecified atom stereocenters. The van der Waals surface area contributed by atoms with Gasteiger partial charge in [-0.15, -0.1) is 0 Å². The van der Waals surface area contributed by atoms with E-state index in [4.69, 9.17) is 0 Å². The minimum atomic E-state index is -0.139. The molecule has 0 saturated carbocycles. The van der Waals surface area contributed by atoms with Crippen molar-refractivity contribution in [3.05, 3.63) is 59.7 Å². The highest BCUT2D eigenvalue weighted by Gasteiger charge is 2.06. The third-order valence-corrected chi connectivity index (χ3v) is 3.50. The quantitative estimate of drug-likeness (QED) is 0.843. The molecule has 0 aromatic heterocycles. The fraction of sp³-hybridized carbons (Fsp3) is 0.300. The maximum absolute atomic E-state index is 12.2. The Balaban J connectivity index is 1.94. The molecular weight excluding hydrogens is 300 g/mol. The molecule has 2 amide bonds. The molecule has 0 aliphatic carbocycles. The van der Waals surface area contributed by atoms with Crippen LogP contribution in [0.2, 0.25) is 0 Å². The zero-order valence-electron chi connectivity index (χ0n) is 14.4. The van der Waals surface area contributed by atoms with Gasteiger partial charge in [-0.25, -0.2) is 0 Å². The lowest BCUT2D eigenvalue weighted by atomic mass is 10.0. The monoisotopic (exact) mass is 324 g/mol. The second-order valence-corrected chi connectivity index (χ2v) is 6.40. The van der Waals surface area contributed by atoms with Crippen molar-refractivity contribution in [2.75, 3.05) is 10.6 Å². The van der Waals surface area contributed by atoms with E-state index in [9.17, 15) is 9.59 Å². The molecule has 2 aromatic rings. The summed E-state index contributed by atoms with van der Waals surface area (Å²) >= 11 is 0. The van der Waals surface area contributed by atoms with Crippen molar-refractivity contribution in [2.45, 2.75) is 33.6 Å². The lowest BCUT2D eigenvalue weighted by Crippen LogP contribution is -2.14. The molecule has 0 heterocycles. The van der Waals surface area contributed by atoms with Crippen molar-refractivity contribution in [2.24, 2.45) is 5.92 Å². The summed E-state index contributed by atoms with van der Waals surface area (Å²) in [5.41, 5.74) is 3.61. The Kier molecular flexibility index (Phi) is 6.13. The number of benzene rings is 2. The maximum Gasteiger partial charge on any atom is 0.228 e. The molecule has 0 atom stereocenters. The van der Waals surface area contributed by atoms with Gasteiger partial charge >= 0.3 is 0 Å². The smallest absolute Gasteiger partial charge is 0.228 e. The van der Waals surface area contributed by atoms with Crippen LogP contribution < -0.4 is 10.6 Å². The number of hydrogen-bond acceptors (Lipinski definition) is 2. The summed E-state index contributed by atoms with van der Waals surface area (Å²) in [5, 5.41) is 5.56. The van der Waals surface area contributed by atoms with Gasteiger partial charge in [-0.3, -0.25) is 9.59 Å². The molecule has 24 heavy (non-hydrogen) atoms. The highest BCUT2D eigenvalue weighted by molar-refractivity contribution is 5.94. The number of carbonyl (C=O) groups is 2. The van der Waals surface area contributed by atoms with Gasteiger partial charge in [0.25, 0.3) is 0 Å². The van der Waals surface area contributed by atoms with Gasteiger partial charge in [-0.2, -0.15) is 0 Å². The normalized spacial score (nSPS) is 10.5. The minimum absolute atomic E-state index is 0.0772. The zero-order chi connectivity index (χ0) is 17.5. The Morgan fingerprint density at radius 1 is 0.917 bits per heavy atom. The topological polar surface area (TPSA) is 58.2 Å². The van der Waals surface area contributed by atoms with E-state index in [1.54, 1.807) is 24.3 Å². The van der Waals surface area contributed by atoms with Crippen LogP contribution in [0.25, 0.3) is 0 Å². The average Bonchev–Trinajstić information content (AvgIpc) is 2.48. The molecule has 2 N–H and O–H groups in total. The highest BCUT2D eigenvalue weighted by atomic mass is 16.2. The van der Waals surface area contributed by atoms with Crippen molar-refractivity contribution in [1.82, 2.24) is 0 Å². The van der Waals surface area contributed by atoms with Crippen molar-refractivity contribution in [1.29, 1.82) is 0 Å². The number of amides is 2. The van der Waals surface area contributed by atoms with E-state index >= 15 is 0 Å². The summed E-state index contributed by atoms with van der Waals surface area (Å²) in [7, 11) is 0. The molecule has 0 radical (unpaired) electrons. The molecule has 0 aliphatic heterocycles. The van der Waals surface area contributed by atoms with Crippen molar-refractivity contribution in [3.63, 3.8) is 0 Å². The van der Waals surface area contributed by atoms with Crippen molar-refractivity contribution in [3.8, 4) is 0 Å². The molecule has 126 valence electrons. The van der Waals surface area contributed by atoms with Crippen molar-refractivity contribution < 1.29 is 9.59 Å². The predicted octanol–water partition coefficient (Wildman–Crippen LogP) is 4.02. The van der Waals surface area contributed by atoms with Gasteiger partial charge in [-0.05, 0) is 41.7 Å². The molecule has 0 aliphatic rings. The second kappa shape index (κ2) is 8.29. The summed E-state index contributed by atoms with van der Waals surface area (Å²) in [6.45, 7) is 5.83. The molecule has 0 saturated heterocycles. The Bertz CT molecular complexity index is 706. The Labute approximate surface area is 143 Å². The van der Waals surface area contributed by atoms with E-state index in [0.717, 1.165) is 12.0 Å². The highest BCUT2D eigenvalue weighted by Crippen LogP contribution is 2.16. The third-order valence-electron chi connectivity index (χ3n) is 3.50. The van der Waals surface area contributed by atoms with Gasteiger partial charge in [0.15, 0.2) is 0 Å². The minimum Gasteiger partial charge on any atom is -0.326 e. The van der Waals surface area contributed by atoms with E-state index in [1.165, 1.54) is 12.5 Å². The van der Waals surface area contributed by atoms with Gasteiger partial charge in [0.2, 0.25) is 11.8 Å². The molecular formula is C20H24N2O2. The number of anilines is 2.